The van der Waals surface area contributed by atoms with Gasteiger partial charge in [0.2, 0.25) is 0 Å². The fourth-order valence-electron chi connectivity index (χ4n) is 1.83. The molecule has 0 aliphatic carbocycles. The number of anilines is 2. The van der Waals surface area contributed by atoms with Crippen molar-refractivity contribution in [2.45, 2.75) is 0 Å². The standard InChI is InChI=1S/C11H15N3O2/c12-9-1-8(2-10(13)3-9)11(16)14-4-7(5-14)6-15/h1-3,7,15H,4-6,12-13H2. The number of nitrogen functional groups attached to an aromatic ring is 2. The summed E-state index contributed by atoms with van der Waals surface area (Å²) in [4.78, 5) is 13.6. The Kier molecular flexibility index (Phi) is 2.70. The molecule has 1 aromatic carbocycles. The lowest BCUT2D eigenvalue weighted by molar-refractivity contribution is 0.0362. The van der Waals surface area contributed by atoms with Crippen LogP contribution in [0.15, 0.2) is 18.2 Å². The molecule has 1 aromatic rings. The minimum absolute atomic E-state index is 0.0799. The summed E-state index contributed by atoms with van der Waals surface area (Å²) in [6, 6.07) is 4.85. The summed E-state index contributed by atoms with van der Waals surface area (Å²) in [5.74, 6) is 0.131. The van der Waals surface area contributed by atoms with Crippen LogP contribution in [0.1, 0.15) is 10.4 Å². The van der Waals surface area contributed by atoms with Crippen molar-refractivity contribution in [3.05, 3.63) is 23.8 Å². The van der Waals surface area contributed by atoms with E-state index in [0.29, 0.717) is 30.0 Å². The Morgan fingerprint density at radius 2 is 1.88 bits per heavy atom. The third-order valence-corrected chi connectivity index (χ3v) is 2.73. The zero-order valence-electron chi connectivity index (χ0n) is 8.89. The fraction of sp³-hybridized carbons (Fsp3) is 0.364. The number of hydrogen-bond donors (Lipinski definition) is 3. The van der Waals surface area contributed by atoms with E-state index >= 15 is 0 Å². The van der Waals surface area contributed by atoms with E-state index in [2.05, 4.69) is 0 Å². The smallest absolute Gasteiger partial charge is 0.254 e. The van der Waals surface area contributed by atoms with Crippen LogP contribution in [0, 0.1) is 5.92 Å². The number of nitrogens with two attached hydrogens (primary N) is 2. The Bertz CT molecular complexity index is 393. The molecule has 86 valence electrons. The number of carbonyl (C=O) groups excluding carboxylic acids is 1. The van der Waals surface area contributed by atoms with Gasteiger partial charge in [-0.1, -0.05) is 0 Å². The molecule has 1 aliphatic rings. The molecular weight excluding hydrogens is 206 g/mol. The highest BCUT2D eigenvalue weighted by molar-refractivity contribution is 5.96. The first kappa shape index (κ1) is 10.8. The highest BCUT2D eigenvalue weighted by Gasteiger charge is 2.30. The van der Waals surface area contributed by atoms with Crippen LogP contribution < -0.4 is 11.5 Å². The summed E-state index contributed by atoms with van der Waals surface area (Å²) in [6.45, 7) is 1.33. The van der Waals surface area contributed by atoms with Crippen LogP contribution in [0.4, 0.5) is 11.4 Å². The van der Waals surface area contributed by atoms with Crippen molar-refractivity contribution in [3.63, 3.8) is 0 Å². The Hall–Kier alpha value is -1.75. The average molecular weight is 221 g/mol. The number of likely N-dealkylation sites (tertiary alicyclic amines) is 1. The fourth-order valence-corrected chi connectivity index (χ4v) is 1.83. The zero-order chi connectivity index (χ0) is 11.7. The number of nitrogens with zero attached hydrogens (tertiary/aromatic N) is 1. The van der Waals surface area contributed by atoms with E-state index in [4.69, 9.17) is 16.6 Å². The van der Waals surface area contributed by atoms with Gasteiger partial charge in [0.1, 0.15) is 0 Å². The van der Waals surface area contributed by atoms with E-state index < -0.39 is 0 Å². The Morgan fingerprint density at radius 3 is 2.38 bits per heavy atom. The summed E-state index contributed by atoms with van der Waals surface area (Å²) in [6.07, 6.45) is 0. The highest BCUT2D eigenvalue weighted by Crippen LogP contribution is 2.21. The first-order valence-corrected chi connectivity index (χ1v) is 5.16. The summed E-state index contributed by atoms with van der Waals surface area (Å²) < 4.78 is 0. The SMILES string of the molecule is Nc1cc(N)cc(C(=O)N2CC(CO)C2)c1. The van der Waals surface area contributed by atoms with E-state index in [-0.39, 0.29) is 18.4 Å². The maximum absolute atomic E-state index is 11.9. The molecular formula is C11H15N3O2. The van der Waals surface area contributed by atoms with Gasteiger partial charge in [0.15, 0.2) is 0 Å². The number of hydrogen-bond acceptors (Lipinski definition) is 4. The largest absolute Gasteiger partial charge is 0.399 e. The molecule has 5 N–H and O–H groups in total. The van der Waals surface area contributed by atoms with Gasteiger partial charge in [-0.05, 0) is 18.2 Å². The maximum atomic E-state index is 11.9. The molecule has 1 aliphatic heterocycles. The quantitative estimate of drug-likeness (QED) is 0.609. The van der Waals surface area contributed by atoms with Crippen LogP contribution in [0.25, 0.3) is 0 Å². The van der Waals surface area contributed by atoms with E-state index in [0.717, 1.165) is 0 Å². The molecule has 5 nitrogen and oxygen atoms in total. The molecule has 1 saturated heterocycles. The van der Waals surface area contributed by atoms with Gasteiger partial charge in [-0.2, -0.15) is 0 Å². The van der Waals surface area contributed by atoms with Crippen molar-refractivity contribution in [2.24, 2.45) is 5.92 Å². The molecule has 1 heterocycles. The van der Waals surface area contributed by atoms with Crippen LogP contribution >= 0.6 is 0 Å². The number of rotatable bonds is 2. The van der Waals surface area contributed by atoms with Crippen molar-refractivity contribution in [2.75, 3.05) is 31.2 Å². The van der Waals surface area contributed by atoms with Gasteiger partial charge >= 0.3 is 0 Å². The summed E-state index contributed by atoms with van der Waals surface area (Å²) in [5, 5.41) is 8.87. The second-order valence-electron chi connectivity index (χ2n) is 4.15. The van der Waals surface area contributed by atoms with E-state index in [1.165, 1.54) is 0 Å². The first-order valence-electron chi connectivity index (χ1n) is 5.16. The normalized spacial score (nSPS) is 15.9. The molecule has 0 bridgehead atoms. The van der Waals surface area contributed by atoms with Crippen molar-refractivity contribution in [3.8, 4) is 0 Å². The minimum atomic E-state index is -0.0799. The Morgan fingerprint density at radius 1 is 1.31 bits per heavy atom. The lowest BCUT2D eigenvalue weighted by Gasteiger charge is -2.38. The number of amides is 1. The second-order valence-corrected chi connectivity index (χ2v) is 4.15. The lowest BCUT2D eigenvalue weighted by atomic mass is 10.00. The molecule has 0 saturated carbocycles. The maximum Gasteiger partial charge on any atom is 0.254 e. The molecule has 0 radical (unpaired) electrons. The van der Waals surface area contributed by atoms with Gasteiger partial charge in [0.25, 0.3) is 5.91 Å². The molecule has 0 atom stereocenters. The zero-order valence-corrected chi connectivity index (χ0v) is 8.89. The van der Waals surface area contributed by atoms with Crippen molar-refractivity contribution < 1.29 is 9.90 Å². The van der Waals surface area contributed by atoms with E-state index in [1.807, 2.05) is 0 Å². The topological polar surface area (TPSA) is 92.6 Å². The molecule has 2 rings (SSSR count). The molecule has 0 aromatic heterocycles. The average Bonchev–Trinajstić information content (AvgIpc) is 2.14. The van der Waals surface area contributed by atoms with E-state index in [1.54, 1.807) is 23.1 Å². The van der Waals surface area contributed by atoms with Crippen molar-refractivity contribution in [1.29, 1.82) is 0 Å². The number of benzene rings is 1. The van der Waals surface area contributed by atoms with Gasteiger partial charge in [-0.15, -0.1) is 0 Å². The van der Waals surface area contributed by atoms with Gasteiger partial charge in [-0.3, -0.25) is 4.79 Å². The van der Waals surface area contributed by atoms with Crippen molar-refractivity contribution >= 4 is 17.3 Å². The van der Waals surface area contributed by atoms with Crippen molar-refractivity contribution in [1.82, 2.24) is 4.90 Å². The second kappa shape index (κ2) is 4.02. The van der Waals surface area contributed by atoms with Gasteiger partial charge in [-0.25, -0.2) is 0 Å². The number of carbonyl (C=O) groups is 1. The highest BCUT2D eigenvalue weighted by atomic mass is 16.3. The minimum Gasteiger partial charge on any atom is -0.399 e. The number of aliphatic hydroxyl groups is 1. The monoisotopic (exact) mass is 221 g/mol. The van der Waals surface area contributed by atoms with E-state index in [9.17, 15) is 4.79 Å². The summed E-state index contributed by atoms with van der Waals surface area (Å²) in [7, 11) is 0. The lowest BCUT2D eigenvalue weighted by Crippen LogP contribution is -2.51. The predicted octanol–water partition coefficient (Wildman–Crippen LogP) is -0.0847. The first-order chi connectivity index (χ1) is 7.60. The summed E-state index contributed by atoms with van der Waals surface area (Å²) in [5.41, 5.74) is 12.7. The van der Waals surface area contributed by atoms with Gasteiger partial charge < -0.3 is 21.5 Å². The molecule has 1 fully saturated rings. The number of aliphatic hydroxyl groups excluding tert-OH is 1. The van der Waals surface area contributed by atoms with Gasteiger partial charge in [0.05, 0.1) is 0 Å². The van der Waals surface area contributed by atoms with Crippen LogP contribution in [0.2, 0.25) is 0 Å². The Balaban J connectivity index is 2.10. The predicted molar refractivity (Wildman–Crippen MR) is 61.7 cm³/mol. The molecule has 16 heavy (non-hydrogen) atoms. The molecule has 0 unspecified atom stereocenters. The molecule has 5 heteroatoms. The Labute approximate surface area is 93.6 Å². The van der Waals surface area contributed by atoms with Crippen LogP contribution in [-0.2, 0) is 0 Å². The third kappa shape index (κ3) is 1.94. The third-order valence-electron chi connectivity index (χ3n) is 2.73. The molecule has 1 amide bonds. The summed E-state index contributed by atoms with van der Waals surface area (Å²) >= 11 is 0. The molecule has 0 spiro atoms. The van der Waals surface area contributed by atoms with Crippen LogP contribution in [-0.4, -0.2) is 35.6 Å². The van der Waals surface area contributed by atoms with Gasteiger partial charge in [0, 0.05) is 42.6 Å². The van der Waals surface area contributed by atoms with Crippen LogP contribution in [0.3, 0.4) is 0 Å². The van der Waals surface area contributed by atoms with Crippen LogP contribution in [0.5, 0.6) is 0 Å².